The zero-order chi connectivity index (χ0) is 13.0. The minimum Gasteiger partial charge on any atom is -0.380 e. The Hall–Kier alpha value is -0.710. The average Bonchev–Trinajstić information content (AvgIpc) is 2.38. The van der Waals surface area contributed by atoms with Crippen molar-refractivity contribution in [2.75, 3.05) is 11.5 Å². The van der Waals surface area contributed by atoms with Crippen molar-refractivity contribution < 1.29 is 9.90 Å². The Bertz CT molecular complexity index is 416. The van der Waals surface area contributed by atoms with E-state index in [1.807, 2.05) is 12.1 Å². The summed E-state index contributed by atoms with van der Waals surface area (Å²) in [5.74, 6) is 1.41. The van der Waals surface area contributed by atoms with E-state index in [1.165, 1.54) is 0 Å². The SMILES string of the molecule is O=C(NCc1ccc(Cl)cc1)C1(O)CCSCC1. The molecule has 18 heavy (non-hydrogen) atoms. The van der Waals surface area contributed by atoms with E-state index in [0.717, 1.165) is 17.1 Å². The second kappa shape index (κ2) is 5.95. The molecule has 1 fully saturated rings. The molecule has 0 bridgehead atoms. The summed E-state index contributed by atoms with van der Waals surface area (Å²) in [4.78, 5) is 12.0. The van der Waals surface area contributed by atoms with Gasteiger partial charge in [-0.3, -0.25) is 4.79 Å². The van der Waals surface area contributed by atoms with Crippen LogP contribution in [0.2, 0.25) is 5.02 Å². The molecular weight excluding hydrogens is 270 g/mol. The van der Waals surface area contributed by atoms with Crippen molar-refractivity contribution in [2.24, 2.45) is 0 Å². The lowest BCUT2D eigenvalue weighted by Gasteiger charge is -2.30. The van der Waals surface area contributed by atoms with Gasteiger partial charge in [0.2, 0.25) is 0 Å². The Labute approximate surface area is 116 Å². The zero-order valence-corrected chi connectivity index (χ0v) is 11.6. The van der Waals surface area contributed by atoms with Gasteiger partial charge in [-0.25, -0.2) is 0 Å². The highest BCUT2D eigenvalue weighted by atomic mass is 35.5. The van der Waals surface area contributed by atoms with Gasteiger partial charge in [0.1, 0.15) is 5.60 Å². The highest BCUT2D eigenvalue weighted by Gasteiger charge is 2.36. The van der Waals surface area contributed by atoms with E-state index in [-0.39, 0.29) is 5.91 Å². The third-order valence-corrected chi connectivity index (χ3v) is 4.35. The molecule has 0 radical (unpaired) electrons. The molecule has 0 unspecified atom stereocenters. The van der Waals surface area contributed by atoms with Crippen molar-refractivity contribution in [3.63, 3.8) is 0 Å². The van der Waals surface area contributed by atoms with Crippen molar-refractivity contribution in [1.82, 2.24) is 5.32 Å². The summed E-state index contributed by atoms with van der Waals surface area (Å²) in [7, 11) is 0. The summed E-state index contributed by atoms with van der Waals surface area (Å²) in [6.45, 7) is 0.422. The summed E-state index contributed by atoms with van der Waals surface area (Å²) in [5.41, 5.74) is -0.209. The fraction of sp³-hybridized carbons (Fsp3) is 0.462. The molecule has 1 aromatic carbocycles. The number of thioether (sulfide) groups is 1. The van der Waals surface area contributed by atoms with E-state index in [1.54, 1.807) is 23.9 Å². The number of carbonyl (C=O) groups is 1. The van der Waals surface area contributed by atoms with Gasteiger partial charge in [-0.15, -0.1) is 0 Å². The number of nitrogens with one attached hydrogen (secondary N) is 1. The van der Waals surface area contributed by atoms with Gasteiger partial charge in [-0.2, -0.15) is 11.8 Å². The van der Waals surface area contributed by atoms with Gasteiger partial charge in [0.25, 0.3) is 5.91 Å². The first kappa shape index (κ1) is 13.7. The Morgan fingerprint density at radius 1 is 1.33 bits per heavy atom. The smallest absolute Gasteiger partial charge is 0.252 e. The lowest BCUT2D eigenvalue weighted by atomic mass is 9.96. The van der Waals surface area contributed by atoms with E-state index in [0.29, 0.717) is 24.4 Å². The maximum atomic E-state index is 12.0. The molecular formula is C13H16ClNO2S. The number of hydrogen-bond acceptors (Lipinski definition) is 3. The Balaban J connectivity index is 1.89. The fourth-order valence-electron chi connectivity index (χ4n) is 1.89. The second-order valence-corrected chi connectivity index (χ2v) is 6.11. The summed E-state index contributed by atoms with van der Waals surface area (Å²) in [6.07, 6.45) is 1.06. The Morgan fingerprint density at radius 2 is 1.94 bits per heavy atom. The van der Waals surface area contributed by atoms with Gasteiger partial charge >= 0.3 is 0 Å². The normalized spacial score (nSPS) is 18.3. The third kappa shape index (κ3) is 3.40. The molecule has 0 aromatic heterocycles. The predicted molar refractivity (Wildman–Crippen MR) is 74.8 cm³/mol. The van der Waals surface area contributed by atoms with Crippen LogP contribution in [0.4, 0.5) is 0 Å². The highest BCUT2D eigenvalue weighted by molar-refractivity contribution is 7.99. The molecule has 1 aliphatic rings. The van der Waals surface area contributed by atoms with Crippen LogP contribution >= 0.6 is 23.4 Å². The number of rotatable bonds is 3. The summed E-state index contributed by atoms with van der Waals surface area (Å²) < 4.78 is 0. The van der Waals surface area contributed by atoms with Crippen LogP contribution in [0, 0.1) is 0 Å². The monoisotopic (exact) mass is 285 g/mol. The average molecular weight is 286 g/mol. The molecule has 3 nitrogen and oxygen atoms in total. The second-order valence-electron chi connectivity index (χ2n) is 4.45. The molecule has 2 rings (SSSR count). The number of benzene rings is 1. The Morgan fingerprint density at radius 3 is 2.56 bits per heavy atom. The van der Waals surface area contributed by atoms with Gasteiger partial charge in [-0.1, -0.05) is 23.7 Å². The molecule has 0 spiro atoms. The largest absolute Gasteiger partial charge is 0.380 e. The first-order chi connectivity index (χ1) is 8.60. The molecule has 98 valence electrons. The first-order valence-corrected chi connectivity index (χ1v) is 7.46. The van der Waals surface area contributed by atoms with Crippen molar-refractivity contribution in [2.45, 2.75) is 25.0 Å². The molecule has 1 aliphatic heterocycles. The molecule has 1 amide bonds. The molecule has 0 atom stereocenters. The van der Waals surface area contributed by atoms with Crippen LogP contribution in [-0.2, 0) is 11.3 Å². The number of aliphatic hydroxyl groups is 1. The Kier molecular flexibility index (Phi) is 4.54. The molecule has 0 saturated carbocycles. The van der Waals surface area contributed by atoms with Gasteiger partial charge < -0.3 is 10.4 Å². The van der Waals surface area contributed by atoms with Crippen molar-refractivity contribution in [1.29, 1.82) is 0 Å². The van der Waals surface area contributed by atoms with Crippen LogP contribution in [0.5, 0.6) is 0 Å². The topological polar surface area (TPSA) is 49.3 Å². The van der Waals surface area contributed by atoms with E-state index in [4.69, 9.17) is 11.6 Å². The quantitative estimate of drug-likeness (QED) is 0.895. The highest BCUT2D eigenvalue weighted by Crippen LogP contribution is 2.27. The van der Waals surface area contributed by atoms with Crippen LogP contribution in [0.1, 0.15) is 18.4 Å². The van der Waals surface area contributed by atoms with Crippen molar-refractivity contribution in [3.05, 3.63) is 34.9 Å². The standard InChI is InChI=1S/C13H16ClNO2S/c14-11-3-1-10(2-4-11)9-15-12(16)13(17)5-7-18-8-6-13/h1-4,17H,5-9H2,(H,15,16). The molecule has 1 aromatic rings. The lowest BCUT2D eigenvalue weighted by Crippen LogP contribution is -2.48. The van der Waals surface area contributed by atoms with Gasteiger partial charge in [0.15, 0.2) is 0 Å². The number of hydrogen-bond donors (Lipinski definition) is 2. The van der Waals surface area contributed by atoms with Gasteiger partial charge in [0, 0.05) is 11.6 Å². The molecule has 2 N–H and O–H groups in total. The van der Waals surface area contributed by atoms with Gasteiger partial charge in [0.05, 0.1) is 0 Å². The van der Waals surface area contributed by atoms with E-state index < -0.39 is 5.60 Å². The van der Waals surface area contributed by atoms with Crippen molar-refractivity contribution >= 4 is 29.3 Å². The molecule has 1 heterocycles. The van der Waals surface area contributed by atoms with E-state index in [9.17, 15) is 9.90 Å². The maximum Gasteiger partial charge on any atom is 0.252 e. The van der Waals surface area contributed by atoms with Gasteiger partial charge in [-0.05, 0) is 42.0 Å². The minimum atomic E-state index is -1.18. The maximum absolute atomic E-state index is 12.0. The first-order valence-electron chi connectivity index (χ1n) is 5.93. The van der Waals surface area contributed by atoms with Crippen LogP contribution < -0.4 is 5.32 Å². The lowest BCUT2D eigenvalue weighted by molar-refractivity contribution is -0.140. The minimum absolute atomic E-state index is 0.266. The third-order valence-electron chi connectivity index (χ3n) is 3.11. The molecule has 0 aliphatic carbocycles. The van der Waals surface area contributed by atoms with Crippen LogP contribution in [0.25, 0.3) is 0 Å². The number of amides is 1. The van der Waals surface area contributed by atoms with Crippen molar-refractivity contribution in [3.8, 4) is 0 Å². The van der Waals surface area contributed by atoms with Crippen LogP contribution in [-0.4, -0.2) is 28.1 Å². The van der Waals surface area contributed by atoms with Crippen LogP contribution in [0.15, 0.2) is 24.3 Å². The predicted octanol–water partition coefficient (Wildman–Crippen LogP) is 2.21. The summed E-state index contributed by atoms with van der Waals surface area (Å²) in [5, 5.41) is 13.7. The number of carbonyl (C=O) groups excluding carboxylic acids is 1. The number of halogens is 1. The molecule has 1 saturated heterocycles. The molecule has 5 heteroatoms. The fourth-order valence-corrected chi connectivity index (χ4v) is 3.18. The van der Waals surface area contributed by atoms with Crippen LogP contribution in [0.3, 0.4) is 0 Å². The summed E-state index contributed by atoms with van der Waals surface area (Å²) in [6, 6.07) is 7.30. The summed E-state index contributed by atoms with van der Waals surface area (Å²) >= 11 is 7.56. The van der Waals surface area contributed by atoms with E-state index in [2.05, 4.69) is 5.32 Å². The van der Waals surface area contributed by atoms with E-state index >= 15 is 0 Å². The zero-order valence-electron chi connectivity index (χ0n) is 9.99.